The molecule has 0 saturated carbocycles. The van der Waals surface area contributed by atoms with E-state index in [9.17, 15) is 0 Å². The van der Waals surface area contributed by atoms with Crippen molar-refractivity contribution in [1.29, 1.82) is 0 Å². The lowest BCUT2D eigenvalue weighted by Gasteiger charge is -2.13. The SMILES string of the molecule is CNCCCOCCCN1CCCC1. The Bertz CT molecular complexity index is 124. The van der Waals surface area contributed by atoms with Gasteiger partial charge in [-0.15, -0.1) is 0 Å². The lowest BCUT2D eigenvalue weighted by atomic mass is 10.4. The van der Waals surface area contributed by atoms with Gasteiger partial charge in [0.15, 0.2) is 0 Å². The van der Waals surface area contributed by atoms with Gasteiger partial charge in [0, 0.05) is 19.8 Å². The van der Waals surface area contributed by atoms with Gasteiger partial charge in [0.1, 0.15) is 0 Å². The van der Waals surface area contributed by atoms with Crippen LogP contribution in [0, 0.1) is 0 Å². The Hall–Kier alpha value is -0.120. The van der Waals surface area contributed by atoms with Gasteiger partial charge in [0.05, 0.1) is 0 Å². The molecule has 1 heterocycles. The molecular weight excluding hydrogens is 176 g/mol. The number of likely N-dealkylation sites (tertiary alicyclic amines) is 1. The van der Waals surface area contributed by atoms with Crippen LogP contribution in [0.5, 0.6) is 0 Å². The van der Waals surface area contributed by atoms with Gasteiger partial charge in [0.25, 0.3) is 0 Å². The topological polar surface area (TPSA) is 24.5 Å². The molecule has 1 rings (SSSR count). The molecule has 84 valence electrons. The van der Waals surface area contributed by atoms with Crippen molar-refractivity contribution in [3.63, 3.8) is 0 Å². The zero-order chi connectivity index (χ0) is 10.1. The van der Waals surface area contributed by atoms with E-state index in [1.807, 2.05) is 7.05 Å². The van der Waals surface area contributed by atoms with E-state index in [1.54, 1.807) is 0 Å². The highest BCUT2D eigenvalue weighted by molar-refractivity contribution is 4.65. The molecular formula is C11H24N2O. The van der Waals surface area contributed by atoms with Crippen LogP contribution < -0.4 is 5.32 Å². The summed E-state index contributed by atoms with van der Waals surface area (Å²) in [6, 6.07) is 0. The fourth-order valence-electron chi connectivity index (χ4n) is 1.85. The molecule has 0 bridgehead atoms. The highest BCUT2D eigenvalue weighted by atomic mass is 16.5. The number of hydrogen-bond donors (Lipinski definition) is 1. The third kappa shape index (κ3) is 5.58. The Balaban J connectivity index is 1.75. The largest absolute Gasteiger partial charge is 0.381 e. The van der Waals surface area contributed by atoms with Crippen molar-refractivity contribution in [3.05, 3.63) is 0 Å². The summed E-state index contributed by atoms with van der Waals surface area (Å²) in [5.74, 6) is 0. The van der Waals surface area contributed by atoms with Crippen LogP contribution in [0.25, 0.3) is 0 Å². The maximum Gasteiger partial charge on any atom is 0.0478 e. The van der Waals surface area contributed by atoms with E-state index in [-0.39, 0.29) is 0 Å². The van der Waals surface area contributed by atoms with Gasteiger partial charge >= 0.3 is 0 Å². The number of ether oxygens (including phenoxy) is 1. The van der Waals surface area contributed by atoms with E-state index in [4.69, 9.17) is 4.74 Å². The van der Waals surface area contributed by atoms with Gasteiger partial charge in [-0.25, -0.2) is 0 Å². The van der Waals surface area contributed by atoms with Crippen molar-refractivity contribution < 1.29 is 4.74 Å². The summed E-state index contributed by atoms with van der Waals surface area (Å²) in [6.45, 7) is 6.73. The van der Waals surface area contributed by atoms with Crippen LogP contribution in [0.2, 0.25) is 0 Å². The second kappa shape index (κ2) is 8.21. The fraction of sp³-hybridized carbons (Fsp3) is 1.00. The highest BCUT2D eigenvalue weighted by Gasteiger charge is 2.09. The first-order chi connectivity index (χ1) is 6.93. The monoisotopic (exact) mass is 200 g/mol. The maximum absolute atomic E-state index is 5.53. The molecule has 0 radical (unpaired) electrons. The normalized spacial score (nSPS) is 17.8. The van der Waals surface area contributed by atoms with Crippen LogP contribution in [-0.4, -0.2) is 51.3 Å². The van der Waals surface area contributed by atoms with Gasteiger partial charge in [0.2, 0.25) is 0 Å². The van der Waals surface area contributed by atoms with Crippen LogP contribution >= 0.6 is 0 Å². The summed E-state index contributed by atoms with van der Waals surface area (Å²) in [7, 11) is 1.98. The summed E-state index contributed by atoms with van der Waals surface area (Å²) in [4.78, 5) is 2.54. The van der Waals surface area contributed by atoms with Crippen molar-refractivity contribution in [2.75, 3.05) is 46.4 Å². The van der Waals surface area contributed by atoms with Gasteiger partial charge in [-0.1, -0.05) is 0 Å². The lowest BCUT2D eigenvalue weighted by Crippen LogP contribution is -2.21. The molecule has 0 amide bonds. The van der Waals surface area contributed by atoms with Crippen molar-refractivity contribution in [2.45, 2.75) is 25.7 Å². The molecule has 3 heteroatoms. The van der Waals surface area contributed by atoms with Crippen molar-refractivity contribution in [3.8, 4) is 0 Å². The van der Waals surface area contributed by atoms with Crippen LogP contribution in [0.1, 0.15) is 25.7 Å². The molecule has 0 unspecified atom stereocenters. The first-order valence-corrected chi connectivity index (χ1v) is 5.88. The molecule has 14 heavy (non-hydrogen) atoms. The summed E-state index contributed by atoms with van der Waals surface area (Å²) in [6.07, 6.45) is 5.10. The summed E-state index contributed by atoms with van der Waals surface area (Å²) >= 11 is 0. The molecule has 0 aromatic heterocycles. The van der Waals surface area contributed by atoms with E-state index < -0.39 is 0 Å². The summed E-state index contributed by atoms with van der Waals surface area (Å²) in [5, 5.41) is 3.12. The quantitative estimate of drug-likeness (QED) is 0.594. The van der Waals surface area contributed by atoms with Crippen molar-refractivity contribution in [2.24, 2.45) is 0 Å². The lowest BCUT2D eigenvalue weighted by molar-refractivity contribution is 0.121. The van der Waals surface area contributed by atoms with E-state index in [2.05, 4.69) is 10.2 Å². The smallest absolute Gasteiger partial charge is 0.0478 e. The fourth-order valence-corrected chi connectivity index (χ4v) is 1.85. The first kappa shape index (κ1) is 12.0. The Morgan fingerprint density at radius 1 is 1.14 bits per heavy atom. The molecule has 0 spiro atoms. The average Bonchev–Trinajstić information content (AvgIpc) is 2.69. The Labute approximate surface area is 87.8 Å². The minimum absolute atomic E-state index is 0.904. The molecule has 1 saturated heterocycles. The molecule has 1 aliphatic rings. The second-order valence-corrected chi connectivity index (χ2v) is 3.97. The summed E-state index contributed by atoms with van der Waals surface area (Å²) < 4.78 is 5.53. The molecule has 0 atom stereocenters. The number of hydrogen-bond acceptors (Lipinski definition) is 3. The highest BCUT2D eigenvalue weighted by Crippen LogP contribution is 2.07. The Kier molecular flexibility index (Phi) is 7.01. The van der Waals surface area contributed by atoms with E-state index in [1.165, 1.54) is 38.9 Å². The van der Waals surface area contributed by atoms with Gasteiger partial charge < -0.3 is 15.0 Å². The maximum atomic E-state index is 5.53. The third-order valence-electron chi connectivity index (χ3n) is 2.68. The van der Waals surface area contributed by atoms with Gasteiger partial charge in [-0.2, -0.15) is 0 Å². The number of nitrogens with one attached hydrogen (secondary N) is 1. The van der Waals surface area contributed by atoms with E-state index in [0.29, 0.717) is 0 Å². The predicted octanol–water partition coefficient (Wildman–Crippen LogP) is 1.10. The predicted molar refractivity (Wildman–Crippen MR) is 59.7 cm³/mol. The Morgan fingerprint density at radius 3 is 2.57 bits per heavy atom. The molecule has 1 N–H and O–H groups in total. The van der Waals surface area contributed by atoms with Crippen LogP contribution in [0.3, 0.4) is 0 Å². The Morgan fingerprint density at radius 2 is 1.86 bits per heavy atom. The third-order valence-corrected chi connectivity index (χ3v) is 2.68. The molecule has 0 aromatic rings. The minimum atomic E-state index is 0.904. The van der Waals surface area contributed by atoms with Crippen LogP contribution in [0.15, 0.2) is 0 Å². The summed E-state index contributed by atoms with van der Waals surface area (Å²) in [5.41, 5.74) is 0. The van der Waals surface area contributed by atoms with Gasteiger partial charge in [-0.3, -0.25) is 0 Å². The van der Waals surface area contributed by atoms with Gasteiger partial charge in [-0.05, 0) is 52.4 Å². The molecule has 1 aliphatic heterocycles. The molecule has 0 aromatic carbocycles. The van der Waals surface area contributed by atoms with Crippen molar-refractivity contribution >= 4 is 0 Å². The number of nitrogens with zero attached hydrogens (tertiary/aromatic N) is 1. The molecule has 0 aliphatic carbocycles. The van der Waals surface area contributed by atoms with Crippen LogP contribution in [0.4, 0.5) is 0 Å². The van der Waals surface area contributed by atoms with E-state index in [0.717, 1.165) is 26.2 Å². The molecule has 3 nitrogen and oxygen atoms in total. The first-order valence-electron chi connectivity index (χ1n) is 5.88. The van der Waals surface area contributed by atoms with E-state index >= 15 is 0 Å². The average molecular weight is 200 g/mol. The second-order valence-electron chi connectivity index (χ2n) is 3.97. The molecule has 1 fully saturated rings. The number of rotatable bonds is 8. The van der Waals surface area contributed by atoms with Crippen LogP contribution in [-0.2, 0) is 4.74 Å². The zero-order valence-electron chi connectivity index (χ0n) is 9.43. The zero-order valence-corrected chi connectivity index (χ0v) is 9.43. The van der Waals surface area contributed by atoms with Crippen molar-refractivity contribution in [1.82, 2.24) is 10.2 Å². The minimum Gasteiger partial charge on any atom is -0.381 e. The standard InChI is InChI=1S/C11H24N2O/c1-12-6-4-10-14-11-5-9-13-7-2-3-8-13/h12H,2-11H2,1H3.